The fourth-order valence-electron chi connectivity index (χ4n) is 1.65. The van der Waals surface area contributed by atoms with E-state index in [-0.39, 0.29) is 5.91 Å². The summed E-state index contributed by atoms with van der Waals surface area (Å²) in [5.74, 6) is -0.181. The average molecular weight is 282 g/mol. The van der Waals surface area contributed by atoms with Gasteiger partial charge >= 0.3 is 0 Å². The van der Waals surface area contributed by atoms with Crippen molar-refractivity contribution >= 4 is 22.9 Å². The van der Waals surface area contributed by atoms with Crippen LogP contribution >= 0.6 is 11.3 Å². The second-order valence-corrected chi connectivity index (χ2v) is 4.85. The summed E-state index contributed by atoms with van der Waals surface area (Å²) in [6.45, 7) is 0. The van der Waals surface area contributed by atoms with E-state index in [2.05, 4.69) is 20.3 Å². The first-order chi connectivity index (χ1) is 9.83. The van der Waals surface area contributed by atoms with Crippen LogP contribution in [0.15, 0.2) is 54.4 Å². The third-order valence-electron chi connectivity index (χ3n) is 2.60. The largest absolute Gasteiger partial charge is 0.320 e. The van der Waals surface area contributed by atoms with Crippen molar-refractivity contribution in [2.24, 2.45) is 0 Å². The van der Waals surface area contributed by atoms with Gasteiger partial charge in [0.05, 0.1) is 35.0 Å². The SMILES string of the molecule is O=C(Nc1ccc(-c2ccccn2)nc1)c1cncs1. The summed E-state index contributed by atoms with van der Waals surface area (Å²) in [6.07, 6.45) is 4.87. The monoisotopic (exact) mass is 282 g/mol. The van der Waals surface area contributed by atoms with Crippen molar-refractivity contribution in [3.8, 4) is 11.4 Å². The molecule has 0 saturated carbocycles. The van der Waals surface area contributed by atoms with Crippen LogP contribution in [0, 0.1) is 0 Å². The summed E-state index contributed by atoms with van der Waals surface area (Å²) in [7, 11) is 0. The summed E-state index contributed by atoms with van der Waals surface area (Å²) in [5, 5.41) is 2.77. The maximum Gasteiger partial charge on any atom is 0.267 e. The Morgan fingerprint density at radius 3 is 2.60 bits per heavy atom. The van der Waals surface area contributed by atoms with Gasteiger partial charge in [0.25, 0.3) is 5.91 Å². The molecule has 6 heteroatoms. The summed E-state index contributed by atoms with van der Waals surface area (Å²) in [5.41, 5.74) is 3.83. The number of amides is 1. The first-order valence-electron chi connectivity index (χ1n) is 5.90. The minimum Gasteiger partial charge on any atom is -0.320 e. The summed E-state index contributed by atoms with van der Waals surface area (Å²) >= 11 is 1.30. The molecule has 0 aliphatic rings. The van der Waals surface area contributed by atoms with E-state index in [0.717, 1.165) is 11.4 Å². The molecule has 0 aromatic carbocycles. The third-order valence-corrected chi connectivity index (χ3v) is 3.38. The zero-order valence-electron chi connectivity index (χ0n) is 10.4. The van der Waals surface area contributed by atoms with Crippen molar-refractivity contribution in [1.82, 2.24) is 15.0 Å². The van der Waals surface area contributed by atoms with Crippen LogP contribution < -0.4 is 5.32 Å². The van der Waals surface area contributed by atoms with Gasteiger partial charge in [-0.25, -0.2) is 0 Å². The molecule has 0 unspecified atom stereocenters. The van der Waals surface area contributed by atoms with Gasteiger partial charge in [0.1, 0.15) is 4.88 Å². The predicted molar refractivity (Wildman–Crippen MR) is 77.5 cm³/mol. The quantitative estimate of drug-likeness (QED) is 0.802. The van der Waals surface area contributed by atoms with Gasteiger partial charge in [-0.1, -0.05) is 6.07 Å². The molecule has 0 aliphatic heterocycles. The molecule has 5 nitrogen and oxygen atoms in total. The molecule has 0 fully saturated rings. The number of thiazole rings is 1. The molecular weight excluding hydrogens is 272 g/mol. The Morgan fingerprint density at radius 1 is 1.05 bits per heavy atom. The van der Waals surface area contributed by atoms with Crippen LogP contribution in [0.1, 0.15) is 9.67 Å². The molecule has 20 heavy (non-hydrogen) atoms. The lowest BCUT2D eigenvalue weighted by Gasteiger charge is -2.04. The molecule has 3 aromatic rings. The Kier molecular flexibility index (Phi) is 3.47. The zero-order valence-corrected chi connectivity index (χ0v) is 11.2. The van der Waals surface area contributed by atoms with Gasteiger partial charge in [-0.05, 0) is 24.3 Å². The van der Waals surface area contributed by atoms with Crippen molar-refractivity contribution in [2.75, 3.05) is 5.32 Å². The minimum atomic E-state index is -0.181. The van der Waals surface area contributed by atoms with Gasteiger partial charge in [0.15, 0.2) is 0 Å². The molecule has 0 aliphatic carbocycles. The maximum absolute atomic E-state index is 11.8. The smallest absolute Gasteiger partial charge is 0.267 e. The summed E-state index contributed by atoms with van der Waals surface area (Å²) < 4.78 is 0. The first kappa shape index (κ1) is 12.4. The zero-order chi connectivity index (χ0) is 13.8. The average Bonchev–Trinajstić information content (AvgIpc) is 3.03. The second kappa shape index (κ2) is 5.58. The lowest BCUT2D eigenvalue weighted by atomic mass is 10.2. The number of aromatic nitrogens is 3. The number of hydrogen-bond acceptors (Lipinski definition) is 5. The van der Waals surface area contributed by atoms with E-state index in [9.17, 15) is 4.79 Å². The van der Waals surface area contributed by atoms with E-state index < -0.39 is 0 Å². The fourth-order valence-corrected chi connectivity index (χ4v) is 2.17. The first-order valence-corrected chi connectivity index (χ1v) is 6.78. The van der Waals surface area contributed by atoms with Crippen molar-refractivity contribution in [3.63, 3.8) is 0 Å². The number of hydrogen-bond donors (Lipinski definition) is 1. The van der Waals surface area contributed by atoms with Crippen LogP contribution in [0.2, 0.25) is 0 Å². The molecule has 0 radical (unpaired) electrons. The number of nitrogens with zero attached hydrogens (tertiary/aromatic N) is 3. The Hall–Kier alpha value is -2.60. The van der Waals surface area contributed by atoms with Crippen LogP contribution in [-0.2, 0) is 0 Å². The van der Waals surface area contributed by atoms with E-state index >= 15 is 0 Å². The van der Waals surface area contributed by atoms with Crippen LogP contribution in [-0.4, -0.2) is 20.9 Å². The molecule has 0 saturated heterocycles. The van der Waals surface area contributed by atoms with Crippen LogP contribution in [0.3, 0.4) is 0 Å². The van der Waals surface area contributed by atoms with Crippen LogP contribution in [0.5, 0.6) is 0 Å². The van der Waals surface area contributed by atoms with Crippen molar-refractivity contribution in [2.45, 2.75) is 0 Å². The highest BCUT2D eigenvalue weighted by Gasteiger charge is 2.08. The van der Waals surface area contributed by atoms with Gasteiger partial charge < -0.3 is 5.32 Å². The Labute approximate surface area is 119 Å². The summed E-state index contributed by atoms with van der Waals surface area (Å²) in [6, 6.07) is 9.27. The standard InChI is InChI=1S/C14H10N4OS/c19-14(13-8-15-9-20-13)18-10-4-5-12(17-7-10)11-3-1-2-6-16-11/h1-9H,(H,18,19). The molecule has 3 rings (SSSR count). The maximum atomic E-state index is 11.8. The van der Waals surface area contributed by atoms with Gasteiger partial charge in [0.2, 0.25) is 0 Å². The molecule has 98 valence electrons. The topological polar surface area (TPSA) is 67.8 Å². The van der Waals surface area contributed by atoms with E-state index in [4.69, 9.17) is 0 Å². The minimum absolute atomic E-state index is 0.181. The van der Waals surface area contributed by atoms with Crippen molar-refractivity contribution < 1.29 is 4.79 Å². The molecular formula is C14H10N4OS. The Balaban J connectivity index is 1.75. The number of anilines is 1. The number of nitrogens with one attached hydrogen (secondary N) is 1. The van der Waals surface area contributed by atoms with E-state index in [1.165, 1.54) is 17.5 Å². The van der Waals surface area contributed by atoms with Gasteiger partial charge in [0, 0.05) is 6.20 Å². The Bertz CT molecular complexity index is 696. The summed E-state index contributed by atoms with van der Waals surface area (Å²) in [4.78, 5) is 24.8. The molecule has 0 bridgehead atoms. The molecule has 3 heterocycles. The van der Waals surface area contributed by atoms with Crippen LogP contribution in [0.4, 0.5) is 5.69 Å². The number of rotatable bonds is 3. The second-order valence-electron chi connectivity index (χ2n) is 3.97. The normalized spacial score (nSPS) is 10.2. The lowest BCUT2D eigenvalue weighted by molar-refractivity contribution is 0.103. The van der Waals surface area contributed by atoms with Crippen molar-refractivity contribution in [3.05, 3.63) is 59.3 Å². The highest BCUT2D eigenvalue weighted by molar-refractivity contribution is 7.11. The molecule has 1 amide bonds. The predicted octanol–water partition coefficient (Wildman–Crippen LogP) is 2.85. The number of carbonyl (C=O) groups excluding carboxylic acids is 1. The van der Waals surface area contributed by atoms with Gasteiger partial charge in [-0.3, -0.25) is 19.7 Å². The molecule has 1 N–H and O–H groups in total. The Morgan fingerprint density at radius 2 is 1.95 bits per heavy atom. The third kappa shape index (κ3) is 2.70. The van der Waals surface area contributed by atoms with E-state index in [0.29, 0.717) is 10.6 Å². The molecule has 0 atom stereocenters. The van der Waals surface area contributed by atoms with E-state index in [1.54, 1.807) is 24.0 Å². The lowest BCUT2D eigenvalue weighted by Crippen LogP contribution is -2.10. The van der Waals surface area contributed by atoms with E-state index in [1.807, 2.05) is 24.3 Å². The molecule has 3 aromatic heterocycles. The van der Waals surface area contributed by atoms with Gasteiger partial charge in [-0.15, -0.1) is 11.3 Å². The highest BCUT2D eigenvalue weighted by atomic mass is 32.1. The number of carbonyl (C=O) groups is 1. The van der Waals surface area contributed by atoms with Crippen LogP contribution in [0.25, 0.3) is 11.4 Å². The highest BCUT2D eigenvalue weighted by Crippen LogP contribution is 2.16. The molecule has 0 spiro atoms. The van der Waals surface area contributed by atoms with Gasteiger partial charge in [-0.2, -0.15) is 0 Å². The fraction of sp³-hybridized carbons (Fsp3) is 0. The van der Waals surface area contributed by atoms with Crippen molar-refractivity contribution in [1.29, 1.82) is 0 Å². The number of pyridine rings is 2.